The van der Waals surface area contributed by atoms with Crippen molar-refractivity contribution in [2.24, 2.45) is 0 Å². The average molecular weight is 231 g/mol. The SMILES string of the molecule is CCOC(=O)C(=O)N1CC=Cc2ccccc21. The van der Waals surface area contributed by atoms with Gasteiger partial charge in [0, 0.05) is 6.54 Å². The number of amides is 1. The Kier molecular flexibility index (Phi) is 3.23. The number of fused-ring (bicyclic) bond motifs is 1. The fourth-order valence-electron chi connectivity index (χ4n) is 1.75. The Bertz CT molecular complexity index is 479. The molecule has 0 aromatic heterocycles. The maximum absolute atomic E-state index is 11.9. The zero-order valence-electron chi connectivity index (χ0n) is 9.55. The Morgan fingerprint density at radius 2 is 2.12 bits per heavy atom. The smallest absolute Gasteiger partial charge is 0.397 e. The van der Waals surface area contributed by atoms with Crippen LogP contribution >= 0.6 is 0 Å². The summed E-state index contributed by atoms with van der Waals surface area (Å²) in [6, 6.07) is 7.44. The van der Waals surface area contributed by atoms with Crippen molar-refractivity contribution in [3.63, 3.8) is 0 Å². The first-order valence-corrected chi connectivity index (χ1v) is 5.48. The van der Waals surface area contributed by atoms with E-state index in [2.05, 4.69) is 0 Å². The van der Waals surface area contributed by atoms with Gasteiger partial charge in [-0.15, -0.1) is 0 Å². The number of ether oxygens (including phenoxy) is 1. The highest BCUT2D eigenvalue weighted by Gasteiger charge is 2.26. The standard InChI is InChI=1S/C13H13NO3/c1-2-17-13(16)12(15)14-9-5-7-10-6-3-4-8-11(10)14/h3-8H,2,9H2,1H3. The van der Waals surface area contributed by atoms with Crippen LogP contribution in [0.2, 0.25) is 0 Å². The molecule has 0 bridgehead atoms. The molecule has 0 N–H and O–H groups in total. The molecule has 88 valence electrons. The first-order valence-electron chi connectivity index (χ1n) is 5.48. The van der Waals surface area contributed by atoms with Crippen molar-refractivity contribution < 1.29 is 14.3 Å². The van der Waals surface area contributed by atoms with E-state index in [9.17, 15) is 9.59 Å². The van der Waals surface area contributed by atoms with Crippen LogP contribution in [0.5, 0.6) is 0 Å². The van der Waals surface area contributed by atoms with E-state index in [0.717, 1.165) is 11.3 Å². The Morgan fingerprint density at radius 1 is 1.35 bits per heavy atom. The molecule has 0 fully saturated rings. The fraction of sp³-hybridized carbons (Fsp3) is 0.231. The van der Waals surface area contributed by atoms with Gasteiger partial charge in [-0.25, -0.2) is 4.79 Å². The normalized spacial score (nSPS) is 13.1. The predicted molar refractivity (Wildman–Crippen MR) is 64.5 cm³/mol. The summed E-state index contributed by atoms with van der Waals surface area (Å²) < 4.78 is 4.72. The minimum absolute atomic E-state index is 0.204. The summed E-state index contributed by atoms with van der Waals surface area (Å²) in [5.41, 5.74) is 1.67. The van der Waals surface area contributed by atoms with E-state index >= 15 is 0 Å². The Labute approximate surface area is 99.5 Å². The van der Waals surface area contributed by atoms with Gasteiger partial charge in [0.05, 0.1) is 12.3 Å². The highest BCUT2D eigenvalue weighted by molar-refractivity contribution is 6.38. The number of carbonyl (C=O) groups excluding carboxylic acids is 2. The zero-order valence-corrected chi connectivity index (χ0v) is 9.55. The van der Waals surface area contributed by atoms with Gasteiger partial charge >= 0.3 is 11.9 Å². The van der Waals surface area contributed by atoms with Gasteiger partial charge in [-0.3, -0.25) is 9.69 Å². The number of hydrogen-bond acceptors (Lipinski definition) is 3. The third kappa shape index (κ3) is 2.20. The van der Waals surface area contributed by atoms with Crippen molar-refractivity contribution in [3.8, 4) is 0 Å². The van der Waals surface area contributed by atoms with Crippen LogP contribution in [0.25, 0.3) is 6.08 Å². The highest BCUT2D eigenvalue weighted by Crippen LogP contribution is 2.25. The molecule has 0 aliphatic carbocycles. The van der Waals surface area contributed by atoms with Crippen molar-refractivity contribution >= 4 is 23.6 Å². The monoisotopic (exact) mass is 231 g/mol. The van der Waals surface area contributed by atoms with Crippen LogP contribution in [0.1, 0.15) is 12.5 Å². The second-order valence-corrected chi connectivity index (χ2v) is 3.60. The number of anilines is 1. The number of carbonyl (C=O) groups is 2. The minimum atomic E-state index is -0.808. The molecule has 1 aliphatic heterocycles. The van der Waals surface area contributed by atoms with Crippen molar-refractivity contribution in [1.29, 1.82) is 0 Å². The van der Waals surface area contributed by atoms with Crippen LogP contribution in [0.15, 0.2) is 30.3 Å². The van der Waals surface area contributed by atoms with Crippen molar-refractivity contribution in [2.45, 2.75) is 6.92 Å². The molecule has 17 heavy (non-hydrogen) atoms. The highest BCUT2D eigenvalue weighted by atomic mass is 16.5. The lowest BCUT2D eigenvalue weighted by molar-refractivity contribution is -0.153. The topological polar surface area (TPSA) is 46.6 Å². The van der Waals surface area contributed by atoms with Crippen LogP contribution in [0.4, 0.5) is 5.69 Å². The summed E-state index contributed by atoms with van der Waals surface area (Å²) >= 11 is 0. The maximum atomic E-state index is 11.9. The Morgan fingerprint density at radius 3 is 2.88 bits per heavy atom. The third-order valence-electron chi connectivity index (χ3n) is 2.51. The van der Waals surface area contributed by atoms with Gasteiger partial charge in [0.2, 0.25) is 0 Å². The summed E-state index contributed by atoms with van der Waals surface area (Å²) in [4.78, 5) is 24.7. The molecule has 2 rings (SSSR count). The van der Waals surface area contributed by atoms with E-state index in [1.807, 2.05) is 36.4 Å². The van der Waals surface area contributed by atoms with Crippen molar-refractivity contribution in [1.82, 2.24) is 0 Å². The lowest BCUT2D eigenvalue weighted by Crippen LogP contribution is -2.39. The molecule has 0 saturated heterocycles. The molecule has 0 spiro atoms. The summed E-state index contributed by atoms with van der Waals surface area (Å²) in [6.45, 7) is 2.28. The molecule has 1 heterocycles. The summed E-state index contributed by atoms with van der Waals surface area (Å²) in [6.07, 6.45) is 3.78. The largest absolute Gasteiger partial charge is 0.459 e. The third-order valence-corrected chi connectivity index (χ3v) is 2.51. The summed E-state index contributed by atoms with van der Waals surface area (Å²) in [5, 5.41) is 0. The van der Waals surface area contributed by atoms with Crippen LogP contribution in [-0.4, -0.2) is 25.0 Å². The van der Waals surface area contributed by atoms with Crippen LogP contribution in [0.3, 0.4) is 0 Å². The molecule has 4 heteroatoms. The van der Waals surface area contributed by atoms with E-state index in [-0.39, 0.29) is 6.61 Å². The molecule has 1 aromatic carbocycles. The first kappa shape index (κ1) is 11.4. The van der Waals surface area contributed by atoms with E-state index in [4.69, 9.17) is 4.74 Å². The molecule has 0 atom stereocenters. The van der Waals surface area contributed by atoms with Crippen LogP contribution in [-0.2, 0) is 14.3 Å². The van der Waals surface area contributed by atoms with Gasteiger partial charge < -0.3 is 4.74 Å². The molecule has 0 unspecified atom stereocenters. The van der Waals surface area contributed by atoms with E-state index < -0.39 is 11.9 Å². The molecule has 0 saturated carbocycles. The number of esters is 1. The minimum Gasteiger partial charge on any atom is -0.459 e. The second-order valence-electron chi connectivity index (χ2n) is 3.60. The van der Waals surface area contributed by atoms with Crippen molar-refractivity contribution in [3.05, 3.63) is 35.9 Å². The number of para-hydroxylation sites is 1. The number of benzene rings is 1. The van der Waals surface area contributed by atoms with Crippen molar-refractivity contribution in [2.75, 3.05) is 18.1 Å². The van der Waals surface area contributed by atoms with Crippen LogP contribution < -0.4 is 4.90 Å². The molecule has 1 aliphatic rings. The molecule has 4 nitrogen and oxygen atoms in total. The quantitative estimate of drug-likeness (QED) is 0.545. The predicted octanol–water partition coefficient (Wildman–Crippen LogP) is 1.61. The Hall–Kier alpha value is -2.10. The van der Waals surface area contributed by atoms with E-state index in [0.29, 0.717) is 6.54 Å². The summed E-state index contributed by atoms with van der Waals surface area (Å²) in [7, 11) is 0. The van der Waals surface area contributed by atoms with Gasteiger partial charge in [-0.1, -0.05) is 30.4 Å². The van der Waals surface area contributed by atoms with E-state index in [1.165, 1.54) is 4.90 Å². The van der Waals surface area contributed by atoms with Gasteiger partial charge in [-0.2, -0.15) is 0 Å². The molecular weight excluding hydrogens is 218 g/mol. The summed E-state index contributed by atoms with van der Waals surface area (Å²) in [5.74, 6) is -1.43. The second kappa shape index (κ2) is 4.82. The van der Waals surface area contributed by atoms with Gasteiger partial charge in [0.15, 0.2) is 0 Å². The van der Waals surface area contributed by atoms with Gasteiger partial charge in [-0.05, 0) is 18.6 Å². The Balaban J connectivity index is 2.27. The lowest BCUT2D eigenvalue weighted by Gasteiger charge is -2.24. The molecule has 1 aromatic rings. The zero-order chi connectivity index (χ0) is 12.3. The van der Waals surface area contributed by atoms with Gasteiger partial charge in [0.1, 0.15) is 0 Å². The fourth-order valence-corrected chi connectivity index (χ4v) is 1.75. The van der Waals surface area contributed by atoms with Crippen LogP contribution in [0, 0.1) is 0 Å². The number of rotatable bonds is 1. The molecular formula is C13H13NO3. The van der Waals surface area contributed by atoms with E-state index in [1.54, 1.807) is 6.92 Å². The lowest BCUT2D eigenvalue weighted by atomic mass is 10.1. The average Bonchev–Trinajstić information content (AvgIpc) is 2.37. The molecule has 1 amide bonds. The van der Waals surface area contributed by atoms with Gasteiger partial charge in [0.25, 0.3) is 0 Å². The number of hydrogen-bond donors (Lipinski definition) is 0. The number of nitrogens with zero attached hydrogens (tertiary/aromatic N) is 1. The maximum Gasteiger partial charge on any atom is 0.397 e. The molecule has 0 radical (unpaired) electrons. The first-order chi connectivity index (χ1) is 8.24.